The predicted molar refractivity (Wildman–Crippen MR) is 100 cm³/mol. The van der Waals surface area contributed by atoms with Gasteiger partial charge in [-0.1, -0.05) is 73.9 Å². The van der Waals surface area contributed by atoms with Crippen LogP contribution in [0.4, 0.5) is 0 Å². The van der Waals surface area contributed by atoms with Crippen LogP contribution in [0.25, 0.3) is 11.1 Å². The molecule has 2 aromatic carbocycles. The van der Waals surface area contributed by atoms with E-state index >= 15 is 0 Å². The molecule has 1 saturated carbocycles. The van der Waals surface area contributed by atoms with E-state index in [1.54, 1.807) is 12.1 Å². The molecule has 1 aliphatic carbocycles. The van der Waals surface area contributed by atoms with Crippen LogP contribution in [0.5, 0.6) is 0 Å². The van der Waals surface area contributed by atoms with Gasteiger partial charge in [-0.25, -0.2) is 0 Å². The van der Waals surface area contributed by atoms with Gasteiger partial charge in [0.1, 0.15) is 0 Å². The van der Waals surface area contributed by atoms with Crippen molar-refractivity contribution < 1.29 is 9.59 Å². The summed E-state index contributed by atoms with van der Waals surface area (Å²) in [6.07, 6.45) is 5.18. The zero-order valence-electron chi connectivity index (χ0n) is 14.7. The van der Waals surface area contributed by atoms with Crippen LogP contribution in [0.3, 0.4) is 0 Å². The minimum atomic E-state index is -1.29. The molecule has 0 radical (unpaired) electrons. The van der Waals surface area contributed by atoms with Crippen molar-refractivity contribution in [2.45, 2.75) is 38.1 Å². The van der Waals surface area contributed by atoms with Gasteiger partial charge in [-0.15, -0.1) is 0 Å². The summed E-state index contributed by atoms with van der Waals surface area (Å²) in [5.74, 6) is -2.21. The number of carbonyl (C=O) groups excluding carboxylic acids is 2. The van der Waals surface area contributed by atoms with Crippen LogP contribution >= 0.6 is 0 Å². The first-order valence-electron chi connectivity index (χ1n) is 9.09. The van der Waals surface area contributed by atoms with Crippen LogP contribution in [0.15, 0.2) is 54.6 Å². The summed E-state index contributed by atoms with van der Waals surface area (Å²) in [5.41, 5.74) is 2.43. The fourth-order valence-electron chi connectivity index (χ4n) is 3.39. The number of amides is 1. The average Bonchev–Trinajstić information content (AvgIpc) is 2.70. The molecule has 1 unspecified atom stereocenters. The Morgan fingerprint density at radius 3 is 2.15 bits per heavy atom. The van der Waals surface area contributed by atoms with Gasteiger partial charge in [-0.2, -0.15) is 5.26 Å². The van der Waals surface area contributed by atoms with Crippen molar-refractivity contribution in [1.82, 2.24) is 5.32 Å². The molecule has 1 N–H and O–H groups in total. The summed E-state index contributed by atoms with van der Waals surface area (Å²) >= 11 is 0. The monoisotopic (exact) mass is 346 g/mol. The lowest BCUT2D eigenvalue weighted by Gasteiger charge is -2.23. The van der Waals surface area contributed by atoms with Gasteiger partial charge in [-0.05, 0) is 24.0 Å². The van der Waals surface area contributed by atoms with Gasteiger partial charge in [0.05, 0.1) is 6.07 Å². The van der Waals surface area contributed by atoms with Crippen LogP contribution in [-0.2, 0) is 4.79 Å². The quantitative estimate of drug-likeness (QED) is 0.654. The molecule has 0 aliphatic heterocycles. The lowest BCUT2D eigenvalue weighted by molar-refractivity contribution is -0.123. The summed E-state index contributed by atoms with van der Waals surface area (Å²) in [5, 5.41) is 12.2. The number of Topliss-reactive ketones (excluding diaryl/α,β-unsaturated/α-hetero) is 1. The Labute approximate surface area is 153 Å². The molecule has 4 nitrogen and oxygen atoms in total. The molecule has 4 heteroatoms. The van der Waals surface area contributed by atoms with E-state index in [9.17, 15) is 14.9 Å². The highest BCUT2D eigenvalue weighted by atomic mass is 16.2. The van der Waals surface area contributed by atoms with Crippen molar-refractivity contribution in [2.24, 2.45) is 5.92 Å². The Hall–Kier alpha value is -2.93. The molecule has 0 aromatic heterocycles. The molecule has 0 heterocycles. The van der Waals surface area contributed by atoms with Crippen molar-refractivity contribution in [1.29, 1.82) is 5.26 Å². The maximum atomic E-state index is 12.6. The SMILES string of the molecule is N#CC(C(=O)NC1CCCCC1)C(=O)c1ccc(-c2ccccc2)cc1. The molecular weight excluding hydrogens is 324 g/mol. The summed E-state index contributed by atoms with van der Waals surface area (Å²) in [6.45, 7) is 0. The van der Waals surface area contributed by atoms with E-state index < -0.39 is 17.6 Å². The first kappa shape index (κ1) is 17.9. The lowest BCUT2D eigenvalue weighted by Crippen LogP contribution is -2.42. The van der Waals surface area contributed by atoms with Gasteiger partial charge in [0.25, 0.3) is 0 Å². The standard InChI is InChI=1S/C22H22N2O2/c23-15-20(22(26)24-19-9-5-2-6-10-19)21(25)18-13-11-17(12-14-18)16-7-3-1-4-8-16/h1,3-4,7-8,11-14,19-20H,2,5-6,9-10H2,(H,24,26). The Kier molecular flexibility index (Phi) is 5.80. The molecule has 3 rings (SSSR count). The molecule has 1 aliphatic rings. The Morgan fingerprint density at radius 2 is 1.54 bits per heavy atom. The second kappa shape index (κ2) is 8.44. The number of hydrogen-bond acceptors (Lipinski definition) is 3. The first-order chi connectivity index (χ1) is 12.7. The van der Waals surface area contributed by atoms with Gasteiger partial charge in [-0.3, -0.25) is 9.59 Å². The van der Waals surface area contributed by atoms with Crippen LogP contribution in [0.2, 0.25) is 0 Å². The fraction of sp³-hybridized carbons (Fsp3) is 0.318. The number of benzene rings is 2. The normalized spacial score (nSPS) is 15.7. The van der Waals surface area contributed by atoms with E-state index in [0.29, 0.717) is 5.56 Å². The largest absolute Gasteiger partial charge is 0.352 e. The van der Waals surface area contributed by atoms with E-state index in [-0.39, 0.29) is 6.04 Å². The van der Waals surface area contributed by atoms with Crippen LogP contribution < -0.4 is 5.32 Å². The third-order valence-corrected chi connectivity index (χ3v) is 4.88. The maximum Gasteiger partial charge on any atom is 0.245 e. The van der Waals surface area contributed by atoms with Gasteiger partial charge in [0.2, 0.25) is 5.91 Å². The maximum absolute atomic E-state index is 12.6. The molecule has 132 valence electrons. The molecule has 1 fully saturated rings. The minimum Gasteiger partial charge on any atom is -0.352 e. The third-order valence-electron chi connectivity index (χ3n) is 4.88. The second-order valence-corrected chi connectivity index (χ2v) is 6.71. The van der Waals surface area contributed by atoms with E-state index in [1.807, 2.05) is 48.5 Å². The number of carbonyl (C=O) groups is 2. The highest BCUT2D eigenvalue weighted by molar-refractivity contribution is 6.12. The van der Waals surface area contributed by atoms with Gasteiger partial charge in [0, 0.05) is 11.6 Å². The highest BCUT2D eigenvalue weighted by Crippen LogP contribution is 2.21. The van der Waals surface area contributed by atoms with E-state index in [2.05, 4.69) is 5.32 Å². The molecule has 0 saturated heterocycles. The number of nitrogens with one attached hydrogen (secondary N) is 1. The summed E-state index contributed by atoms with van der Waals surface area (Å²) in [7, 11) is 0. The molecule has 2 aromatic rings. The molecule has 0 bridgehead atoms. The molecule has 1 amide bonds. The predicted octanol–water partition coefficient (Wildman–Crippen LogP) is 4.12. The smallest absolute Gasteiger partial charge is 0.245 e. The summed E-state index contributed by atoms with van der Waals surface area (Å²) in [4.78, 5) is 25.0. The van der Waals surface area contributed by atoms with E-state index in [1.165, 1.54) is 6.42 Å². The zero-order chi connectivity index (χ0) is 18.4. The third kappa shape index (κ3) is 4.18. The Morgan fingerprint density at radius 1 is 0.923 bits per heavy atom. The highest BCUT2D eigenvalue weighted by Gasteiger charge is 2.29. The van der Waals surface area contributed by atoms with Crippen LogP contribution in [-0.4, -0.2) is 17.7 Å². The fourth-order valence-corrected chi connectivity index (χ4v) is 3.39. The Balaban J connectivity index is 1.70. The number of ketones is 1. The van der Waals surface area contributed by atoms with Crippen molar-refractivity contribution in [3.63, 3.8) is 0 Å². The molecular formula is C22H22N2O2. The van der Waals surface area contributed by atoms with E-state index in [4.69, 9.17) is 0 Å². The van der Waals surface area contributed by atoms with Gasteiger partial charge < -0.3 is 5.32 Å². The van der Waals surface area contributed by atoms with Crippen LogP contribution in [0, 0.1) is 17.2 Å². The average molecular weight is 346 g/mol. The first-order valence-corrected chi connectivity index (χ1v) is 9.09. The number of hydrogen-bond donors (Lipinski definition) is 1. The summed E-state index contributed by atoms with van der Waals surface area (Å²) in [6, 6.07) is 18.9. The van der Waals surface area contributed by atoms with Crippen LogP contribution in [0.1, 0.15) is 42.5 Å². The Bertz CT molecular complexity index is 800. The number of nitrogens with zero attached hydrogens (tertiary/aromatic N) is 1. The second-order valence-electron chi connectivity index (χ2n) is 6.71. The van der Waals surface area contributed by atoms with E-state index in [0.717, 1.165) is 36.8 Å². The van der Waals surface area contributed by atoms with Crippen molar-refractivity contribution in [3.8, 4) is 17.2 Å². The molecule has 26 heavy (non-hydrogen) atoms. The summed E-state index contributed by atoms with van der Waals surface area (Å²) < 4.78 is 0. The zero-order valence-corrected chi connectivity index (χ0v) is 14.7. The number of nitriles is 1. The molecule has 0 spiro atoms. The lowest BCUT2D eigenvalue weighted by atomic mass is 9.93. The van der Waals surface area contributed by atoms with Crippen molar-refractivity contribution >= 4 is 11.7 Å². The van der Waals surface area contributed by atoms with Crippen molar-refractivity contribution in [3.05, 3.63) is 60.2 Å². The van der Waals surface area contributed by atoms with Crippen molar-refractivity contribution in [2.75, 3.05) is 0 Å². The minimum absolute atomic E-state index is 0.0837. The topological polar surface area (TPSA) is 70.0 Å². The molecule has 1 atom stereocenters. The van der Waals surface area contributed by atoms with Gasteiger partial charge in [0.15, 0.2) is 11.7 Å². The van der Waals surface area contributed by atoms with Gasteiger partial charge >= 0.3 is 0 Å². The number of rotatable bonds is 5.